The molecule has 0 saturated carbocycles. The van der Waals surface area contributed by atoms with E-state index in [-0.39, 0.29) is 27.0 Å². The normalized spacial score (nSPS) is 22.2. The van der Waals surface area contributed by atoms with Crippen LogP contribution in [0.4, 0.5) is 8.78 Å². The Kier molecular flexibility index (Phi) is 5.51. The van der Waals surface area contributed by atoms with E-state index in [0.717, 1.165) is 17.8 Å². The molecule has 0 aliphatic carbocycles. The van der Waals surface area contributed by atoms with Crippen LogP contribution in [0.5, 0.6) is 0 Å². The van der Waals surface area contributed by atoms with Gasteiger partial charge in [0.05, 0.1) is 22.7 Å². The lowest BCUT2D eigenvalue weighted by Gasteiger charge is -2.37. The van der Waals surface area contributed by atoms with Crippen molar-refractivity contribution in [2.75, 3.05) is 0 Å². The zero-order valence-corrected chi connectivity index (χ0v) is 18.9. The Morgan fingerprint density at radius 1 is 1.28 bits per heavy atom. The highest BCUT2D eigenvalue weighted by Crippen LogP contribution is 2.56. The summed E-state index contributed by atoms with van der Waals surface area (Å²) in [7, 11) is 0. The number of nitrogens with zero attached hydrogens (tertiary/aromatic N) is 3. The molecule has 0 radical (unpaired) electrons. The van der Waals surface area contributed by atoms with Crippen molar-refractivity contribution in [1.29, 1.82) is 5.26 Å². The molecule has 0 saturated heterocycles. The molecule has 32 heavy (non-hydrogen) atoms. The molecule has 2 aliphatic rings. The lowest BCUT2D eigenvalue weighted by molar-refractivity contribution is -0.131. The molecule has 0 spiro atoms. The summed E-state index contributed by atoms with van der Waals surface area (Å²) in [4.78, 5) is 18.6. The van der Waals surface area contributed by atoms with Crippen LogP contribution in [-0.4, -0.2) is 21.1 Å². The van der Waals surface area contributed by atoms with E-state index in [9.17, 15) is 14.3 Å². The summed E-state index contributed by atoms with van der Waals surface area (Å²) in [6.07, 6.45) is 0. The number of carboxylic acids is 1. The van der Waals surface area contributed by atoms with E-state index >= 15 is 4.39 Å². The maximum absolute atomic E-state index is 15.2. The Labute approximate surface area is 193 Å². The number of allylic oxidation sites excluding steroid dienone is 1. The molecule has 0 aromatic heterocycles. The van der Waals surface area contributed by atoms with E-state index in [1.807, 2.05) is 19.9 Å². The quantitative estimate of drug-likeness (QED) is 0.605. The zero-order valence-electron chi connectivity index (χ0n) is 17.4. The number of thioether (sulfide) groups is 1. The lowest BCUT2D eigenvalue weighted by atomic mass is 9.80. The van der Waals surface area contributed by atoms with Crippen LogP contribution < -0.4 is 0 Å². The molecule has 0 fully saturated rings. The number of carboxylic acid groups (broad SMARTS) is 1. The van der Waals surface area contributed by atoms with Gasteiger partial charge in [0.25, 0.3) is 0 Å². The third-order valence-electron chi connectivity index (χ3n) is 5.65. The molecule has 2 aromatic rings. The van der Waals surface area contributed by atoms with E-state index in [0.29, 0.717) is 16.4 Å². The van der Waals surface area contributed by atoms with Gasteiger partial charge in [-0.1, -0.05) is 37.6 Å². The molecule has 4 rings (SSSR count). The van der Waals surface area contributed by atoms with Gasteiger partial charge < -0.3 is 10.0 Å². The second-order valence-electron chi connectivity index (χ2n) is 8.07. The van der Waals surface area contributed by atoms with Gasteiger partial charge >= 0.3 is 5.97 Å². The van der Waals surface area contributed by atoms with Gasteiger partial charge in [-0.3, -0.25) is 0 Å². The van der Waals surface area contributed by atoms with Crippen molar-refractivity contribution in [3.05, 3.63) is 80.3 Å². The molecule has 164 valence electrons. The number of carbonyl (C=O) groups is 1. The van der Waals surface area contributed by atoms with Gasteiger partial charge in [-0.05, 0) is 54.4 Å². The summed E-state index contributed by atoms with van der Waals surface area (Å²) in [5.74, 6) is -2.52. The summed E-state index contributed by atoms with van der Waals surface area (Å²) in [6.45, 7) is 5.44. The summed E-state index contributed by atoms with van der Waals surface area (Å²) < 4.78 is 29.6. The van der Waals surface area contributed by atoms with Crippen LogP contribution in [0, 0.1) is 28.9 Å². The van der Waals surface area contributed by atoms with E-state index in [4.69, 9.17) is 21.9 Å². The SMILES string of the molecule is CC(C)C1=C(C(=O)O)SC2=N[C@@](C)(c3ccc(C#N)cc3F)[C@@H](c3ccc(Cl)c(F)c3)N21. The summed E-state index contributed by atoms with van der Waals surface area (Å²) in [5, 5.41) is 19.2. The van der Waals surface area contributed by atoms with Crippen LogP contribution >= 0.6 is 23.4 Å². The first-order valence-electron chi connectivity index (χ1n) is 9.78. The standard InChI is InChI=1S/C23H18ClF2N3O2S/c1-11(2)18-19(21(30)31)32-22-28-23(3,14-6-4-12(10-27)8-16(14)25)20(29(18)22)13-5-7-15(24)17(26)9-13/h4-9,11,20H,1-3H3,(H,30,31)/t20-,23+/m1/s1. The Morgan fingerprint density at radius 2 is 2.00 bits per heavy atom. The van der Waals surface area contributed by atoms with Crippen LogP contribution in [0.15, 0.2) is 52.0 Å². The molecule has 0 amide bonds. The number of nitriles is 1. The number of rotatable bonds is 4. The number of aliphatic imine (C=N–C) groups is 1. The van der Waals surface area contributed by atoms with E-state index in [1.54, 1.807) is 17.9 Å². The average Bonchev–Trinajstić information content (AvgIpc) is 3.22. The topological polar surface area (TPSA) is 76.7 Å². The van der Waals surface area contributed by atoms with E-state index in [2.05, 4.69) is 0 Å². The first kappa shape index (κ1) is 22.3. The second kappa shape index (κ2) is 7.91. The van der Waals surface area contributed by atoms with Crippen LogP contribution in [0.1, 0.15) is 43.5 Å². The Hall–Kier alpha value is -2.89. The molecule has 9 heteroatoms. The van der Waals surface area contributed by atoms with Crippen LogP contribution in [0.2, 0.25) is 5.02 Å². The van der Waals surface area contributed by atoms with Crippen molar-refractivity contribution in [3.63, 3.8) is 0 Å². The largest absolute Gasteiger partial charge is 0.477 e. The van der Waals surface area contributed by atoms with Gasteiger partial charge in [-0.15, -0.1) is 0 Å². The fraction of sp³-hybridized carbons (Fsp3) is 0.261. The fourth-order valence-electron chi connectivity index (χ4n) is 4.29. The highest BCUT2D eigenvalue weighted by atomic mass is 35.5. The van der Waals surface area contributed by atoms with Gasteiger partial charge in [0.15, 0.2) is 5.17 Å². The number of amidine groups is 1. The fourth-order valence-corrected chi connectivity index (χ4v) is 5.66. The van der Waals surface area contributed by atoms with Crippen LogP contribution in [-0.2, 0) is 10.3 Å². The lowest BCUT2D eigenvalue weighted by Crippen LogP contribution is -2.36. The molecule has 5 nitrogen and oxygen atoms in total. The first-order valence-corrected chi connectivity index (χ1v) is 11.0. The maximum Gasteiger partial charge on any atom is 0.344 e. The number of benzene rings is 2. The Bertz CT molecular complexity index is 1250. The highest BCUT2D eigenvalue weighted by Gasteiger charge is 2.54. The third kappa shape index (κ3) is 3.37. The third-order valence-corrected chi connectivity index (χ3v) is 7.02. The summed E-state index contributed by atoms with van der Waals surface area (Å²) in [6, 6.07) is 9.64. The van der Waals surface area contributed by atoms with Crippen molar-refractivity contribution >= 4 is 34.5 Å². The Balaban J connectivity index is 1.97. The molecular weight excluding hydrogens is 456 g/mol. The molecule has 0 unspecified atom stereocenters. The molecule has 2 heterocycles. The predicted molar refractivity (Wildman–Crippen MR) is 119 cm³/mol. The molecule has 2 aliphatic heterocycles. The van der Waals surface area contributed by atoms with Crippen molar-refractivity contribution in [3.8, 4) is 6.07 Å². The van der Waals surface area contributed by atoms with Crippen molar-refractivity contribution in [2.45, 2.75) is 32.4 Å². The van der Waals surface area contributed by atoms with E-state index < -0.39 is 29.2 Å². The average molecular weight is 474 g/mol. The Morgan fingerprint density at radius 3 is 2.56 bits per heavy atom. The first-order chi connectivity index (χ1) is 15.1. The van der Waals surface area contributed by atoms with Crippen molar-refractivity contribution < 1.29 is 18.7 Å². The maximum atomic E-state index is 15.2. The minimum absolute atomic E-state index is 0.0548. The minimum Gasteiger partial charge on any atom is -0.477 e. The van der Waals surface area contributed by atoms with Gasteiger partial charge in [0, 0.05) is 11.3 Å². The molecule has 1 N–H and O–H groups in total. The number of halogens is 3. The van der Waals surface area contributed by atoms with Crippen LogP contribution in [0.3, 0.4) is 0 Å². The second-order valence-corrected chi connectivity index (χ2v) is 9.46. The monoisotopic (exact) mass is 473 g/mol. The summed E-state index contributed by atoms with van der Waals surface area (Å²) in [5.41, 5.74) is 0.173. The minimum atomic E-state index is -1.22. The number of hydrogen-bond acceptors (Lipinski definition) is 5. The zero-order chi connectivity index (χ0) is 23.4. The van der Waals surface area contributed by atoms with Crippen molar-refractivity contribution in [2.24, 2.45) is 10.9 Å². The summed E-state index contributed by atoms with van der Waals surface area (Å²) >= 11 is 6.89. The molecule has 2 aromatic carbocycles. The van der Waals surface area contributed by atoms with Gasteiger partial charge in [0.1, 0.15) is 22.1 Å². The molecular formula is C23H18ClF2N3O2S. The predicted octanol–water partition coefficient (Wildman–Crippen LogP) is 5.82. The van der Waals surface area contributed by atoms with Gasteiger partial charge in [0.2, 0.25) is 0 Å². The van der Waals surface area contributed by atoms with Gasteiger partial charge in [-0.2, -0.15) is 5.26 Å². The highest BCUT2D eigenvalue weighted by molar-refractivity contribution is 8.18. The number of aliphatic carboxylic acids is 1. The smallest absolute Gasteiger partial charge is 0.344 e. The number of fused-ring (bicyclic) bond motifs is 1. The van der Waals surface area contributed by atoms with Crippen LogP contribution in [0.25, 0.3) is 0 Å². The van der Waals surface area contributed by atoms with E-state index in [1.165, 1.54) is 24.3 Å². The molecule has 2 atom stereocenters. The molecule has 0 bridgehead atoms. The van der Waals surface area contributed by atoms with Crippen molar-refractivity contribution in [1.82, 2.24) is 4.90 Å². The number of hydrogen-bond donors (Lipinski definition) is 1. The van der Waals surface area contributed by atoms with Gasteiger partial charge in [-0.25, -0.2) is 18.6 Å².